The number of hydrogen-bond acceptors (Lipinski definition) is 7. The summed E-state index contributed by atoms with van der Waals surface area (Å²) in [6.07, 6.45) is 1.73. The van der Waals surface area contributed by atoms with E-state index in [1.54, 1.807) is 38.1 Å². The Morgan fingerprint density at radius 2 is 1.94 bits per heavy atom. The standard InChI is InChI=1S/C23H23NO6S/c1-5-29-21(26)13-24-17-8-6-7-9-19(17)31-20(23(24)27)12-16-10-14(2)22(30-15(3)25)18(11-16)28-4/h6-12H,5,13H2,1-4H3/b20-12+. The molecule has 0 N–H and O–H groups in total. The average Bonchev–Trinajstić information content (AvgIpc) is 2.72. The summed E-state index contributed by atoms with van der Waals surface area (Å²) in [7, 11) is 1.48. The van der Waals surface area contributed by atoms with Crippen molar-refractivity contribution in [3.63, 3.8) is 0 Å². The zero-order valence-electron chi connectivity index (χ0n) is 17.8. The minimum Gasteiger partial charge on any atom is -0.493 e. The fourth-order valence-corrected chi connectivity index (χ4v) is 4.24. The maximum Gasteiger partial charge on any atom is 0.326 e. The van der Waals surface area contributed by atoms with Gasteiger partial charge in [0, 0.05) is 11.8 Å². The van der Waals surface area contributed by atoms with Crippen LogP contribution >= 0.6 is 11.8 Å². The van der Waals surface area contributed by atoms with Crippen LogP contribution in [0.5, 0.6) is 11.5 Å². The van der Waals surface area contributed by atoms with Crippen LogP contribution in [0.1, 0.15) is 25.0 Å². The predicted octanol–water partition coefficient (Wildman–Crippen LogP) is 3.97. The van der Waals surface area contributed by atoms with Crippen molar-refractivity contribution in [2.45, 2.75) is 25.7 Å². The van der Waals surface area contributed by atoms with Crippen LogP contribution in [0.3, 0.4) is 0 Å². The summed E-state index contributed by atoms with van der Waals surface area (Å²) < 4.78 is 15.7. The first-order valence-electron chi connectivity index (χ1n) is 9.67. The normalized spacial score (nSPS) is 14.3. The number of esters is 2. The van der Waals surface area contributed by atoms with Crippen molar-refractivity contribution in [1.29, 1.82) is 0 Å². The van der Waals surface area contributed by atoms with Gasteiger partial charge in [0.2, 0.25) is 0 Å². The monoisotopic (exact) mass is 441 g/mol. The third kappa shape index (κ3) is 5.08. The number of aryl methyl sites for hydroxylation is 1. The second-order valence-electron chi connectivity index (χ2n) is 6.74. The number of carbonyl (C=O) groups excluding carboxylic acids is 3. The van der Waals surface area contributed by atoms with E-state index in [9.17, 15) is 14.4 Å². The maximum absolute atomic E-state index is 13.2. The highest BCUT2D eigenvalue weighted by atomic mass is 32.2. The lowest BCUT2D eigenvalue weighted by Gasteiger charge is -2.29. The van der Waals surface area contributed by atoms with Gasteiger partial charge >= 0.3 is 11.9 Å². The number of nitrogens with zero attached hydrogens (tertiary/aromatic N) is 1. The van der Waals surface area contributed by atoms with Gasteiger partial charge in [-0.15, -0.1) is 0 Å². The second-order valence-corrected chi connectivity index (χ2v) is 7.82. The number of rotatable bonds is 6. The van der Waals surface area contributed by atoms with E-state index in [1.807, 2.05) is 18.2 Å². The molecule has 0 saturated heterocycles. The molecule has 0 aliphatic carbocycles. The molecule has 31 heavy (non-hydrogen) atoms. The summed E-state index contributed by atoms with van der Waals surface area (Å²) in [4.78, 5) is 39.4. The largest absolute Gasteiger partial charge is 0.493 e. The molecule has 0 spiro atoms. The van der Waals surface area contributed by atoms with Gasteiger partial charge in [-0.1, -0.05) is 23.9 Å². The molecule has 3 rings (SSSR count). The van der Waals surface area contributed by atoms with Crippen LogP contribution in [0.25, 0.3) is 6.08 Å². The molecule has 0 aromatic heterocycles. The van der Waals surface area contributed by atoms with Crippen molar-refractivity contribution in [2.75, 3.05) is 25.2 Å². The molecule has 0 fully saturated rings. The smallest absolute Gasteiger partial charge is 0.326 e. The van der Waals surface area contributed by atoms with Crippen LogP contribution in [0.4, 0.5) is 5.69 Å². The Morgan fingerprint density at radius 1 is 1.19 bits per heavy atom. The first-order chi connectivity index (χ1) is 14.8. The number of anilines is 1. The van der Waals surface area contributed by atoms with Crippen LogP contribution in [-0.2, 0) is 19.1 Å². The van der Waals surface area contributed by atoms with Gasteiger partial charge in [-0.25, -0.2) is 0 Å². The fourth-order valence-electron chi connectivity index (χ4n) is 3.18. The quantitative estimate of drug-likeness (QED) is 0.381. The number of ether oxygens (including phenoxy) is 3. The number of fused-ring (bicyclic) bond motifs is 1. The first-order valence-corrected chi connectivity index (χ1v) is 10.5. The lowest BCUT2D eigenvalue weighted by molar-refractivity contribution is -0.142. The van der Waals surface area contributed by atoms with Gasteiger partial charge in [0.1, 0.15) is 6.54 Å². The highest BCUT2D eigenvalue weighted by Crippen LogP contribution is 2.42. The van der Waals surface area contributed by atoms with E-state index in [1.165, 1.54) is 30.7 Å². The zero-order chi connectivity index (χ0) is 22.5. The topological polar surface area (TPSA) is 82.1 Å². The highest BCUT2D eigenvalue weighted by molar-refractivity contribution is 8.04. The van der Waals surface area contributed by atoms with Crippen LogP contribution in [0, 0.1) is 6.92 Å². The van der Waals surface area contributed by atoms with E-state index in [-0.39, 0.29) is 19.1 Å². The van der Waals surface area contributed by atoms with Crippen LogP contribution < -0.4 is 14.4 Å². The molecule has 0 saturated carbocycles. The Hall–Kier alpha value is -3.26. The van der Waals surface area contributed by atoms with E-state index in [0.29, 0.717) is 33.2 Å². The Morgan fingerprint density at radius 3 is 2.61 bits per heavy atom. The van der Waals surface area contributed by atoms with E-state index in [0.717, 1.165) is 4.90 Å². The van der Waals surface area contributed by atoms with Crippen molar-refractivity contribution in [3.8, 4) is 11.5 Å². The zero-order valence-corrected chi connectivity index (χ0v) is 18.6. The van der Waals surface area contributed by atoms with Gasteiger partial charge in [0.05, 0.1) is 24.3 Å². The Labute approximate surface area is 185 Å². The van der Waals surface area contributed by atoms with Gasteiger partial charge in [-0.05, 0) is 55.3 Å². The summed E-state index contributed by atoms with van der Waals surface area (Å²) >= 11 is 1.33. The third-order valence-corrected chi connectivity index (χ3v) is 5.53. The summed E-state index contributed by atoms with van der Waals surface area (Å²) in [5, 5.41) is 0. The van der Waals surface area contributed by atoms with E-state index in [4.69, 9.17) is 14.2 Å². The van der Waals surface area contributed by atoms with E-state index < -0.39 is 11.9 Å². The van der Waals surface area contributed by atoms with Gasteiger partial charge in [-0.3, -0.25) is 19.3 Å². The number of methoxy groups -OCH3 is 1. The van der Waals surface area contributed by atoms with E-state index in [2.05, 4.69) is 0 Å². The third-order valence-electron chi connectivity index (χ3n) is 4.45. The highest BCUT2D eigenvalue weighted by Gasteiger charge is 2.31. The van der Waals surface area contributed by atoms with Crippen molar-refractivity contribution in [2.24, 2.45) is 0 Å². The van der Waals surface area contributed by atoms with Gasteiger partial charge in [0.25, 0.3) is 5.91 Å². The summed E-state index contributed by atoms with van der Waals surface area (Å²) in [6.45, 7) is 4.91. The predicted molar refractivity (Wildman–Crippen MR) is 118 cm³/mol. The lowest BCUT2D eigenvalue weighted by atomic mass is 10.1. The molecule has 1 amide bonds. The maximum atomic E-state index is 13.2. The van der Waals surface area contributed by atoms with Crippen molar-refractivity contribution in [3.05, 3.63) is 52.4 Å². The molecular weight excluding hydrogens is 418 g/mol. The molecule has 1 aliphatic rings. The molecule has 1 heterocycles. The average molecular weight is 442 g/mol. The van der Waals surface area contributed by atoms with Crippen LogP contribution in [-0.4, -0.2) is 38.1 Å². The number of carbonyl (C=O) groups is 3. The lowest BCUT2D eigenvalue weighted by Crippen LogP contribution is -2.39. The van der Waals surface area contributed by atoms with Gasteiger partial charge in [0.15, 0.2) is 11.5 Å². The molecule has 0 radical (unpaired) electrons. The molecule has 2 aromatic rings. The SMILES string of the molecule is CCOC(=O)CN1C(=O)/C(=C\c2cc(C)c(OC(C)=O)c(OC)c2)Sc2ccccc21. The van der Waals surface area contributed by atoms with Gasteiger partial charge in [-0.2, -0.15) is 0 Å². The molecule has 1 aliphatic heterocycles. The van der Waals surface area contributed by atoms with E-state index >= 15 is 0 Å². The molecule has 7 nitrogen and oxygen atoms in total. The van der Waals surface area contributed by atoms with Crippen LogP contribution in [0.15, 0.2) is 46.2 Å². The molecule has 162 valence electrons. The minimum atomic E-state index is -0.472. The summed E-state index contributed by atoms with van der Waals surface area (Å²) in [5.74, 6) is -0.484. The molecule has 0 unspecified atom stereocenters. The molecule has 8 heteroatoms. The van der Waals surface area contributed by atoms with Crippen molar-refractivity contribution in [1.82, 2.24) is 0 Å². The first kappa shape index (κ1) is 22.4. The second kappa shape index (κ2) is 9.70. The fraction of sp³-hybridized carbons (Fsp3) is 0.261. The Balaban J connectivity index is 2.00. The number of benzene rings is 2. The van der Waals surface area contributed by atoms with Crippen molar-refractivity contribution >= 4 is 41.4 Å². The number of thioether (sulfide) groups is 1. The summed E-state index contributed by atoms with van der Waals surface area (Å²) in [5.41, 5.74) is 2.07. The molecular formula is C23H23NO6S. The van der Waals surface area contributed by atoms with Crippen molar-refractivity contribution < 1.29 is 28.6 Å². The molecule has 2 aromatic carbocycles. The molecule has 0 atom stereocenters. The Kier molecular flexibility index (Phi) is 7.02. The molecule has 0 bridgehead atoms. The number of para-hydroxylation sites is 1. The Bertz CT molecular complexity index is 1060. The number of hydrogen-bond donors (Lipinski definition) is 0. The summed E-state index contributed by atoms with van der Waals surface area (Å²) in [6, 6.07) is 10.9. The van der Waals surface area contributed by atoms with Crippen LogP contribution in [0.2, 0.25) is 0 Å². The number of amides is 1. The van der Waals surface area contributed by atoms with Gasteiger partial charge < -0.3 is 14.2 Å². The minimum absolute atomic E-state index is 0.171.